The van der Waals surface area contributed by atoms with E-state index in [1.165, 1.54) is 24.3 Å². The van der Waals surface area contributed by atoms with Crippen molar-refractivity contribution in [3.8, 4) is 0 Å². The summed E-state index contributed by atoms with van der Waals surface area (Å²) in [6.07, 6.45) is -0.0254. The molecule has 7 nitrogen and oxygen atoms in total. The lowest BCUT2D eigenvalue weighted by Gasteiger charge is -2.13. The van der Waals surface area contributed by atoms with Crippen molar-refractivity contribution >= 4 is 11.8 Å². The van der Waals surface area contributed by atoms with Crippen LogP contribution in [0.2, 0.25) is 0 Å². The average molecular weight is 268 g/mol. The number of ether oxygens (including phenoxy) is 1. The molecule has 1 aromatic rings. The van der Waals surface area contributed by atoms with Gasteiger partial charge in [-0.3, -0.25) is 10.1 Å². The summed E-state index contributed by atoms with van der Waals surface area (Å²) >= 11 is 0. The van der Waals surface area contributed by atoms with E-state index in [2.05, 4.69) is 5.32 Å². The van der Waals surface area contributed by atoms with E-state index in [1.807, 2.05) is 6.92 Å². The third-order valence-electron chi connectivity index (χ3n) is 2.55. The molecule has 19 heavy (non-hydrogen) atoms. The molecule has 0 heterocycles. The van der Waals surface area contributed by atoms with E-state index >= 15 is 0 Å². The van der Waals surface area contributed by atoms with E-state index in [0.717, 1.165) is 0 Å². The molecule has 0 bridgehead atoms. The van der Waals surface area contributed by atoms with Crippen LogP contribution in [0.4, 0.5) is 10.5 Å². The topological polar surface area (TPSA) is 102 Å². The van der Waals surface area contributed by atoms with E-state index in [4.69, 9.17) is 9.84 Å². The van der Waals surface area contributed by atoms with Crippen LogP contribution in [-0.4, -0.2) is 28.8 Å². The Hall–Kier alpha value is -2.15. The summed E-state index contributed by atoms with van der Waals surface area (Å²) in [7, 11) is 0. The van der Waals surface area contributed by atoms with Gasteiger partial charge in [0.2, 0.25) is 0 Å². The fourth-order valence-corrected chi connectivity index (χ4v) is 1.35. The first kappa shape index (κ1) is 14.9. The first-order valence-corrected chi connectivity index (χ1v) is 5.84. The number of carbonyl (C=O) groups excluding carboxylic acids is 1. The number of alkyl carbamates (subject to hydrolysis) is 1. The zero-order valence-corrected chi connectivity index (χ0v) is 10.5. The Morgan fingerprint density at radius 2 is 2.11 bits per heavy atom. The van der Waals surface area contributed by atoms with E-state index in [1.54, 1.807) is 0 Å². The molecule has 0 aromatic heterocycles. The maximum atomic E-state index is 11.4. The molecule has 0 fully saturated rings. The van der Waals surface area contributed by atoms with Crippen molar-refractivity contribution in [1.29, 1.82) is 0 Å². The van der Waals surface area contributed by atoms with Crippen molar-refractivity contribution in [3.63, 3.8) is 0 Å². The molecule has 1 atom stereocenters. The standard InChI is InChI=1S/C12H16N2O5/c1-2-10(7-15)13-12(16)19-8-9-3-5-11(6-4-9)14(17)18/h3-6,10,15H,2,7-8H2,1H3,(H,13,16)/t10-/m0/s1. The molecule has 0 spiro atoms. The summed E-state index contributed by atoms with van der Waals surface area (Å²) in [5, 5.41) is 21.9. The first-order chi connectivity index (χ1) is 9.06. The van der Waals surface area contributed by atoms with Crippen LogP contribution in [0, 0.1) is 10.1 Å². The van der Waals surface area contributed by atoms with Crippen molar-refractivity contribution in [1.82, 2.24) is 5.32 Å². The third kappa shape index (κ3) is 4.92. The molecule has 0 aliphatic rings. The number of benzene rings is 1. The Bertz CT molecular complexity index is 428. The Morgan fingerprint density at radius 1 is 1.47 bits per heavy atom. The van der Waals surface area contributed by atoms with Crippen LogP contribution in [0.25, 0.3) is 0 Å². The molecule has 1 amide bonds. The van der Waals surface area contributed by atoms with Crippen LogP contribution in [-0.2, 0) is 11.3 Å². The number of aliphatic hydroxyl groups excluding tert-OH is 1. The molecular weight excluding hydrogens is 252 g/mol. The maximum Gasteiger partial charge on any atom is 0.407 e. The highest BCUT2D eigenvalue weighted by atomic mass is 16.6. The van der Waals surface area contributed by atoms with Crippen LogP contribution < -0.4 is 5.32 Å². The van der Waals surface area contributed by atoms with Gasteiger partial charge in [-0.2, -0.15) is 0 Å². The minimum atomic E-state index is -0.626. The zero-order valence-electron chi connectivity index (χ0n) is 10.5. The van der Waals surface area contributed by atoms with E-state index in [0.29, 0.717) is 12.0 Å². The number of hydrogen-bond donors (Lipinski definition) is 2. The van der Waals surface area contributed by atoms with Crippen molar-refractivity contribution in [2.24, 2.45) is 0 Å². The maximum absolute atomic E-state index is 11.4. The van der Waals surface area contributed by atoms with Crippen LogP contribution >= 0.6 is 0 Å². The third-order valence-corrected chi connectivity index (χ3v) is 2.55. The van der Waals surface area contributed by atoms with E-state index < -0.39 is 11.0 Å². The lowest BCUT2D eigenvalue weighted by molar-refractivity contribution is -0.384. The monoisotopic (exact) mass is 268 g/mol. The summed E-state index contributed by atoms with van der Waals surface area (Å²) in [4.78, 5) is 21.3. The number of hydrogen-bond acceptors (Lipinski definition) is 5. The summed E-state index contributed by atoms with van der Waals surface area (Å²) in [5.74, 6) is 0. The van der Waals surface area contributed by atoms with Gasteiger partial charge in [0.25, 0.3) is 5.69 Å². The number of nitrogens with zero attached hydrogens (tertiary/aromatic N) is 1. The Balaban J connectivity index is 2.43. The number of amides is 1. The van der Waals surface area contributed by atoms with Crippen LogP contribution in [0.5, 0.6) is 0 Å². The quantitative estimate of drug-likeness (QED) is 0.602. The number of aliphatic hydroxyl groups is 1. The second kappa shape index (κ2) is 7.32. The highest BCUT2D eigenvalue weighted by Gasteiger charge is 2.10. The summed E-state index contributed by atoms with van der Waals surface area (Å²) in [6.45, 7) is 1.70. The molecule has 7 heteroatoms. The fourth-order valence-electron chi connectivity index (χ4n) is 1.35. The number of carbonyl (C=O) groups is 1. The molecule has 104 valence electrons. The van der Waals surface area contributed by atoms with Gasteiger partial charge >= 0.3 is 6.09 Å². The Morgan fingerprint density at radius 3 is 2.58 bits per heavy atom. The number of rotatable bonds is 6. The predicted molar refractivity (Wildman–Crippen MR) is 67.6 cm³/mol. The van der Waals surface area contributed by atoms with Gasteiger partial charge in [0, 0.05) is 12.1 Å². The van der Waals surface area contributed by atoms with Crippen molar-refractivity contribution in [2.45, 2.75) is 26.0 Å². The number of non-ortho nitro benzene ring substituents is 1. The van der Waals surface area contributed by atoms with Gasteiger partial charge in [0.15, 0.2) is 0 Å². The van der Waals surface area contributed by atoms with Gasteiger partial charge < -0.3 is 15.2 Å². The molecule has 1 aromatic carbocycles. The number of nitrogens with one attached hydrogen (secondary N) is 1. The predicted octanol–water partition coefficient (Wildman–Crippen LogP) is 1.59. The van der Waals surface area contributed by atoms with Gasteiger partial charge in [-0.1, -0.05) is 6.92 Å². The highest BCUT2D eigenvalue weighted by Crippen LogP contribution is 2.12. The minimum Gasteiger partial charge on any atom is -0.445 e. The van der Waals surface area contributed by atoms with Gasteiger partial charge in [-0.05, 0) is 24.1 Å². The van der Waals surface area contributed by atoms with E-state index in [-0.39, 0.29) is 24.9 Å². The second-order valence-electron chi connectivity index (χ2n) is 3.93. The molecule has 2 N–H and O–H groups in total. The fraction of sp³-hybridized carbons (Fsp3) is 0.417. The molecule has 1 rings (SSSR count). The molecule has 0 unspecified atom stereocenters. The van der Waals surface area contributed by atoms with Crippen molar-refractivity contribution in [2.75, 3.05) is 6.61 Å². The van der Waals surface area contributed by atoms with Gasteiger partial charge in [-0.15, -0.1) is 0 Å². The molecule has 0 saturated carbocycles. The second-order valence-corrected chi connectivity index (χ2v) is 3.93. The molecule has 0 aliphatic carbocycles. The van der Waals surface area contributed by atoms with Gasteiger partial charge in [0.05, 0.1) is 17.6 Å². The number of nitro benzene ring substituents is 1. The lowest BCUT2D eigenvalue weighted by Crippen LogP contribution is -2.37. The van der Waals surface area contributed by atoms with Crippen LogP contribution in [0.15, 0.2) is 24.3 Å². The number of nitro groups is 1. The van der Waals surface area contributed by atoms with Gasteiger partial charge in [0.1, 0.15) is 6.61 Å². The molecule has 0 saturated heterocycles. The smallest absolute Gasteiger partial charge is 0.407 e. The Labute approximate surface area is 110 Å². The van der Waals surface area contributed by atoms with Gasteiger partial charge in [-0.25, -0.2) is 4.79 Å². The largest absolute Gasteiger partial charge is 0.445 e. The minimum absolute atomic E-state index is 0.0143. The molecule has 0 radical (unpaired) electrons. The SMILES string of the molecule is CC[C@@H](CO)NC(=O)OCc1ccc([N+](=O)[O-])cc1. The normalized spacial score (nSPS) is 11.7. The molecule has 0 aliphatic heterocycles. The van der Waals surface area contributed by atoms with Crippen LogP contribution in [0.3, 0.4) is 0 Å². The average Bonchev–Trinajstić information content (AvgIpc) is 2.43. The summed E-state index contributed by atoms with van der Waals surface area (Å²) in [6, 6.07) is 5.41. The van der Waals surface area contributed by atoms with Crippen molar-refractivity contribution in [3.05, 3.63) is 39.9 Å². The zero-order chi connectivity index (χ0) is 14.3. The highest BCUT2D eigenvalue weighted by molar-refractivity contribution is 5.67. The Kier molecular flexibility index (Phi) is 5.74. The summed E-state index contributed by atoms with van der Waals surface area (Å²) < 4.78 is 4.93. The summed E-state index contributed by atoms with van der Waals surface area (Å²) in [5.41, 5.74) is 0.636. The lowest BCUT2D eigenvalue weighted by atomic mass is 10.2. The first-order valence-electron chi connectivity index (χ1n) is 5.84. The van der Waals surface area contributed by atoms with Crippen molar-refractivity contribution < 1.29 is 19.6 Å². The molecular formula is C12H16N2O5. The van der Waals surface area contributed by atoms with E-state index in [9.17, 15) is 14.9 Å². The van der Waals surface area contributed by atoms with Crippen LogP contribution in [0.1, 0.15) is 18.9 Å².